The summed E-state index contributed by atoms with van der Waals surface area (Å²) in [6.07, 6.45) is 17.3. The second-order valence-corrected chi connectivity index (χ2v) is 12.2. The molecular formula is C27H46O. The van der Waals surface area contributed by atoms with Crippen molar-refractivity contribution >= 4 is 0 Å². The summed E-state index contributed by atoms with van der Waals surface area (Å²) >= 11 is 0. The minimum atomic E-state index is -0.0229. The average molecular weight is 387 g/mol. The molecule has 0 aliphatic heterocycles. The highest BCUT2D eigenvalue weighted by atomic mass is 16.3. The maximum atomic E-state index is 10.2. The third kappa shape index (κ3) is 3.42. The van der Waals surface area contributed by atoms with Gasteiger partial charge in [-0.1, -0.05) is 65.5 Å². The van der Waals surface area contributed by atoms with Crippen LogP contribution in [0.15, 0.2) is 11.6 Å². The van der Waals surface area contributed by atoms with E-state index in [-0.39, 0.29) is 6.10 Å². The van der Waals surface area contributed by atoms with Gasteiger partial charge in [0.2, 0.25) is 0 Å². The van der Waals surface area contributed by atoms with Crippen LogP contribution in [-0.2, 0) is 0 Å². The number of aliphatic hydroxyl groups is 1. The molecule has 4 aliphatic rings. The number of hydrogen-bond donors (Lipinski definition) is 1. The van der Waals surface area contributed by atoms with Crippen molar-refractivity contribution in [1.29, 1.82) is 0 Å². The Bertz CT molecular complexity index is 591. The monoisotopic (exact) mass is 386 g/mol. The molecule has 0 heterocycles. The van der Waals surface area contributed by atoms with E-state index in [0.29, 0.717) is 10.8 Å². The highest BCUT2D eigenvalue weighted by Crippen LogP contribution is 2.66. The van der Waals surface area contributed by atoms with Crippen LogP contribution in [-0.4, -0.2) is 11.2 Å². The first-order valence-electron chi connectivity index (χ1n) is 12.6. The molecule has 0 amide bonds. The molecule has 1 N–H and O–H groups in total. The zero-order valence-electron chi connectivity index (χ0n) is 19.3. The van der Waals surface area contributed by atoms with E-state index in [9.17, 15) is 5.11 Å². The van der Waals surface area contributed by atoms with Crippen LogP contribution < -0.4 is 0 Å². The van der Waals surface area contributed by atoms with Crippen LogP contribution in [0.4, 0.5) is 0 Å². The molecule has 0 radical (unpaired) electrons. The predicted molar refractivity (Wildman–Crippen MR) is 119 cm³/mol. The quantitative estimate of drug-likeness (QED) is 0.488. The molecule has 2 unspecified atom stereocenters. The zero-order valence-corrected chi connectivity index (χ0v) is 19.3. The number of allylic oxidation sites excluding steroid dienone is 2. The van der Waals surface area contributed by atoms with Gasteiger partial charge in [-0.25, -0.2) is 0 Å². The van der Waals surface area contributed by atoms with Crippen LogP contribution >= 0.6 is 0 Å². The Morgan fingerprint density at radius 1 is 1.04 bits per heavy atom. The molecule has 0 saturated heterocycles. The largest absolute Gasteiger partial charge is 0.393 e. The summed E-state index contributed by atoms with van der Waals surface area (Å²) in [5, 5.41) is 10.2. The molecule has 0 aromatic rings. The molecule has 28 heavy (non-hydrogen) atoms. The molecule has 3 saturated carbocycles. The molecule has 160 valence electrons. The van der Waals surface area contributed by atoms with Gasteiger partial charge in [-0.15, -0.1) is 0 Å². The van der Waals surface area contributed by atoms with Gasteiger partial charge in [-0.2, -0.15) is 0 Å². The van der Waals surface area contributed by atoms with Gasteiger partial charge in [0.05, 0.1) is 6.10 Å². The highest BCUT2D eigenvalue weighted by molar-refractivity contribution is 5.30. The Morgan fingerprint density at radius 3 is 2.57 bits per heavy atom. The minimum absolute atomic E-state index is 0.0229. The summed E-state index contributed by atoms with van der Waals surface area (Å²) in [6, 6.07) is 0. The topological polar surface area (TPSA) is 20.2 Å². The Balaban J connectivity index is 1.47. The van der Waals surface area contributed by atoms with Gasteiger partial charge in [0, 0.05) is 0 Å². The number of fused-ring (bicyclic) bond motifs is 5. The van der Waals surface area contributed by atoms with E-state index in [4.69, 9.17) is 0 Å². The van der Waals surface area contributed by atoms with E-state index < -0.39 is 0 Å². The van der Waals surface area contributed by atoms with Crippen LogP contribution in [0.2, 0.25) is 0 Å². The van der Waals surface area contributed by atoms with E-state index in [1.807, 2.05) is 5.57 Å². The minimum Gasteiger partial charge on any atom is -0.393 e. The van der Waals surface area contributed by atoms with Crippen LogP contribution in [0.3, 0.4) is 0 Å². The van der Waals surface area contributed by atoms with Crippen LogP contribution in [0.25, 0.3) is 0 Å². The maximum absolute atomic E-state index is 10.2. The van der Waals surface area contributed by atoms with Crippen LogP contribution in [0.1, 0.15) is 105 Å². The summed E-state index contributed by atoms with van der Waals surface area (Å²) in [5.74, 6) is 5.10. The lowest BCUT2D eigenvalue weighted by Crippen LogP contribution is -2.52. The van der Waals surface area contributed by atoms with E-state index in [0.717, 1.165) is 48.3 Å². The van der Waals surface area contributed by atoms with E-state index >= 15 is 0 Å². The molecule has 0 bridgehead atoms. The molecule has 1 nitrogen and oxygen atoms in total. The molecule has 1 heteroatoms. The summed E-state index contributed by atoms with van der Waals surface area (Å²) < 4.78 is 0. The Morgan fingerprint density at radius 2 is 1.82 bits per heavy atom. The first kappa shape index (κ1) is 21.0. The summed E-state index contributed by atoms with van der Waals surface area (Å²) in [7, 11) is 0. The van der Waals surface area contributed by atoms with Gasteiger partial charge in [-0.05, 0) is 97.7 Å². The summed E-state index contributed by atoms with van der Waals surface area (Å²) in [5.41, 5.74) is 2.86. The second-order valence-electron chi connectivity index (χ2n) is 12.2. The van der Waals surface area contributed by atoms with Gasteiger partial charge in [-0.3, -0.25) is 0 Å². The second kappa shape index (κ2) is 7.75. The van der Waals surface area contributed by atoms with Gasteiger partial charge >= 0.3 is 0 Å². The lowest BCUT2D eigenvalue weighted by molar-refractivity contribution is -0.0859. The number of rotatable bonds is 5. The lowest BCUT2D eigenvalue weighted by Gasteiger charge is -2.60. The van der Waals surface area contributed by atoms with Gasteiger partial charge < -0.3 is 5.11 Å². The fraction of sp³-hybridized carbons (Fsp3) is 0.926. The van der Waals surface area contributed by atoms with Crippen LogP contribution in [0, 0.1) is 46.3 Å². The molecule has 0 aromatic heterocycles. The zero-order chi connectivity index (χ0) is 20.1. The molecule has 0 aromatic carbocycles. The molecule has 8 atom stereocenters. The van der Waals surface area contributed by atoms with Crippen molar-refractivity contribution in [3.05, 3.63) is 11.6 Å². The van der Waals surface area contributed by atoms with Crippen molar-refractivity contribution < 1.29 is 5.11 Å². The first-order chi connectivity index (χ1) is 13.3. The molecule has 0 spiro atoms. The number of aliphatic hydroxyl groups excluding tert-OH is 1. The van der Waals surface area contributed by atoms with Crippen molar-refractivity contribution in [1.82, 2.24) is 0 Å². The smallest absolute Gasteiger partial charge is 0.0543 e. The normalized spacial score (nSPS) is 46.5. The van der Waals surface area contributed by atoms with Gasteiger partial charge in [0.1, 0.15) is 0 Å². The van der Waals surface area contributed by atoms with E-state index in [2.05, 4.69) is 40.7 Å². The van der Waals surface area contributed by atoms with Crippen molar-refractivity contribution in [3.63, 3.8) is 0 Å². The third-order valence-corrected chi connectivity index (χ3v) is 10.2. The maximum Gasteiger partial charge on any atom is 0.0543 e. The van der Waals surface area contributed by atoms with Crippen molar-refractivity contribution in [2.24, 2.45) is 46.3 Å². The first-order valence-corrected chi connectivity index (χ1v) is 12.6. The third-order valence-electron chi connectivity index (χ3n) is 10.2. The average Bonchev–Trinajstić information content (AvgIpc) is 2.99. The fourth-order valence-electron chi connectivity index (χ4n) is 8.51. The SMILES string of the molecule is CC(C)CCC[C@@H](C)[C@H]1CC=C2[C@@H]3CCC4CC(O)CC[C@]4(C)[C@H]3CC[C@@]21C. The van der Waals surface area contributed by atoms with Crippen molar-refractivity contribution in [2.75, 3.05) is 0 Å². The molecule has 4 rings (SSSR count). The van der Waals surface area contributed by atoms with E-state index in [1.165, 1.54) is 57.8 Å². The molecule has 3 fully saturated rings. The molecular weight excluding hydrogens is 340 g/mol. The Labute approximate surface area is 174 Å². The van der Waals surface area contributed by atoms with Crippen molar-refractivity contribution in [3.8, 4) is 0 Å². The Kier molecular flexibility index (Phi) is 5.80. The number of hydrogen-bond acceptors (Lipinski definition) is 1. The van der Waals surface area contributed by atoms with E-state index in [1.54, 1.807) is 0 Å². The summed E-state index contributed by atoms with van der Waals surface area (Å²) in [4.78, 5) is 0. The lowest BCUT2D eigenvalue weighted by atomic mass is 9.45. The van der Waals surface area contributed by atoms with Crippen molar-refractivity contribution in [2.45, 2.75) is 111 Å². The predicted octanol–water partition coefficient (Wildman–Crippen LogP) is 7.39. The van der Waals surface area contributed by atoms with Crippen LogP contribution in [0.5, 0.6) is 0 Å². The van der Waals surface area contributed by atoms with Gasteiger partial charge in [0.25, 0.3) is 0 Å². The summed E-state index contributed by atoms with van der Waals surface area (Å²) in [6.45, 7) is 12.5. The highest BCUT2D eigenvalue weighted by Gasteiger charge is 2.57. The van der Waals surface area contributed by atoms with Gasteiger partial charge in [0.15, 0.2) is 0 Å². The molecule has 4 aliphatic carbocycles. The standard InChI is InChI=1S/C27H46O/c1-18(2)7-6-8-19(3)23-11-12-24-22-10-9-20-17-21(28)13-15-26(20,4)25(22)14-16-27(23,24)5/h12,18-23,25,28H,6-11,13-17H2,1-5H3/t19-,20?,21?,22+,23-,25+,26+,27-/m1/s1. The fourth-order valence-corrected chi connectivity index (χ4v) is 8.51. The Hall–Kier alpha value is -0.300.